The Bertz CT molecular complexity index is 956. The summed E-state index contributed by atoms with van der Waals surface area (Å²) in [6.07, 6.45) is 0. The molecule has 0 saturated carbocycles. The second kappa shape index (κ2) is 7.38. The highest BCUT2D eigenvalue weighted by Crippen LogP contribution is 2.27. The van der Waals surface area contributed by atoms with Crippen LogP contribution in [-0.2, 0) is 9.59 Å². The van der Waals surface area contributed by atoms with Gasteiger partial charge in [-0.25, -0.2) is 8.78 Å². The molecule has 0 spiro atoms. The number of ether oxygens (including phenoxy) is 1. The standard InChI is InChI=1S/C20H19F2N3O3/c1-20(2)24-18(12-4-7-14(28-3)8-5-12)19(27)25(20)11-17(26)23-16-9-6-13(21)10-15(16)22/h4-10H,11H2,1-3H3,(H,23,26). The molecule has 0 radical (unpaired) electrons. The molecule has 0 fully saturated rings. The largest absolute Gasteiger partial charge is 0.497 e. The Morgan fingerprint density at radius 2 is 1.86 bits per heavy atom. The minimum absolute atomic E-state index is 0.160. The molecular weight excluding hydrogens is 368 g/mol. The average Bonchev–Trinajstić information content (AvgIpc) is 2.87. The Labute approximate surface area is 160 Å². The van der Waals surface area contributed by atoms with E-state index >= 15 is 0 Å². The normalized spacial score (nSPS) is 15.4. The highest BCUT2D eigenvalue weighted by atomic mass is 19.1. The summed E-state index contributed by atoms with van der Waals surface area (Å²) in [5.41, 5.74) is -0.280. The van der Waals surface area contributed by atoms with Crippen LogP contribution in [0.5, 0.6) is 5.75 Å². The van der Waals surface area contributed by atoms with Gasteiger partial charge < -0.3 is 15.0 Å². The van der Waals surface area contributed by atoms with Crippen molar-refractivity contribution < 1.29 is 23.1 Å². The molecule has 1 aliphatic rings. The van der Waals surface area contributed by atoms with Crippen LogP contribution < -0.4 is 10.1 Å². The van der Waals surface area contributed by atoms with E-state index in [-0.39, 0.29) is 17.9 Å². The number of anilines is 1. The Kier molecular flexibility index (Phi) is 5.13. The van der Waals surface area contributed by atoms with E-state index in [1.165, 1.54) is 4.90 Å². The molecular formula is C20H19F2N3O3. The zero-order valence-corrected chi connectivity index (χ0v) is 15.6. The number of nitrogens with one attached hydrogen (secondary N) is 1. The van der Waals surface area contributed by atoms with Gasteiger partial charge in [-0.15, -0.1) is 0 Å². The third-order valence-corrected chi connectivity index (χ3v) is 4.36. The summed E-state index contributed by atoms with van der Waals surface area (Å²) in [6.45, 7) is 3.08. The Hall–Kier alpha value is -3.29. The first-order chi connectivity index (χ1) is 13.2. The number of methoxy groups -OCH3 is 1. The lowest BCUT2D eigenvalue weighted by Gasteiger charge is -2.28. The van der Waals surface area contributed by atoms with Crippen molar-refractivity contribution in [3.63, 3.8) is 0 Å². The number of carbonyl (C=O) groups is 2. The number of hydrogen-bond acceptors (Lipinski definition) is 4. The second-order valence-corrected chi connectivity index (χ2v) is 6.75. The predicted octanol–water partition coefficient (Wildman–Crippen LogP) is 2.98. The lowest BCUT2D eigenvalue weighted by Crippen LogP contribution is -2.46. The number of rotatable bonds is 5. The SMILES string of the molecule is COc1ccc(C2=NC(C)(C)N(CC(=O)Nc3ccc(F)cc3F)C2=O)cc1. The minimum atomic E-state index is -0.953. The monoisotopic (exact) mass is 387 g/mol. The zero-order chi connectivity index (χ0) is 20.5. The minimum Gasteiger partial charge on any atom is -0.497 e. The van der Waals surface area contributed by atoms with Gasteiger partial charge in [0.2, 0.25) is 5.91 Å². The maximum absolute atomic E-state index is 13.7. The summed E-state index contributed by atoms with van der Waals surface area (Å²) < 4.78 is 31.8. The lowest BCUT2D eigenvalue weighted by molar-refractivity contribution is -0.131. The van der Waals surface area contributed by atoms with Crippen LogP contribution in [0.25, 0.3) is 0 Å². The van der Waals surface area contributed by atoms with Gasteiger partial charge in [0.25, 0.3) is 5.91 Å². The maximum Gasteiger partial charge on any atom is 0.275 e. The number of benzene rings is 2. The molecule has 2 aromatic rings. The first kappa shape index (κ1) is 19.5. The topological polar surface area (TPSA) is 71.0 Å². The Morgan fingerprint density at radius 1 is 1.18 bits per heavy atom. The zero-order valence-electron chi connectivity index (χ0n) is 15.6. The predicted molar refractivity (Wildman–Crippen MR) is 100 cm³/mol. The van der Waals surface area contributed by atoms with Crippen molar-refractivity contribution in [2.75, 3.05) is 19.0 Å². The fraction of sp³-hybridized carbons (Fsp3) is 0.250. The Balaban J connectivity index is 1.75. The molecule has 0 aliphatic carbocycles. The first-order valence-electron chi connectivity index (χ1n) is 8.52. The van der Waals surface area contributed by atoms with E-state index in [1.54, 1.807) is 45.2 Å². The van der Waals surface area contributed by atoms with Crippen molar-refractivity contribution in [3.05, 3.63) is 59.7 Å². The van der Waals surface area contributed by atoms with Crippen LogP contribution in [0.2, 0.25) is 0 Å². The number of hydrogen-bond donors (Lipinski definition) is 1. The van der Waals surface area contributed by atoms with Gasteiger partial charge in [-0.2, -0.15) is 0 Å². The maximum atomic E-state index is 13.7. The molecule has 3 rings (SSSR count). The van der Waals surface area contributed by atoms with Crippen molar-refractivity contribution in [1.29, 1.82) is 0 Å². The molecule has 0 unspecified atom stereocenters. The molecule has 28 heavy (non-hydrogen) atoms. The van der Waals surface area contributed by atoms with Gasteiger partial charge >= 0.3 is 0 Å². The van der Waals surface area contributed by atoms with Crippen LogP contribution in [0.1, 0.15) is 19.4 Å². The van der Waals surface area contributed by atoms with Crippen LogP contribution >= 0.6 is 0 Å². The van der Waals surface area contributed by atoms with Gasteiger partial charge in [0.15, 0.2) is 0 Å². The molecule has 6 nitrogen and oxygen atoms in total. The van der Waals surface area contributed by atoms with Crippen molar-refractivity contribution in [3.8, 4) is 5.75 Å². The fourth-order valence-electron chi connectivity index (χ4n) is 2.88. The van der Waals surface area contributed by atoms with Gasteiger partial charge in [0.05, 0.1) is 12.8 Å². The van der Waals surface area contributed by atoms with Gasteiger partial charge in [0.1, 0.15) is 35.3 Å². The third-order valence-electron chi connectivity index (χ3n) is 4.36. The van der Waals surface area contributed by atoms with Gasteiger partial charge in [-0.3, -0.25) is 14.6 Å². The van der Waals surface area contributed by atoms with Crippen LogP contribution in [-0.4, -0.2) is 41.7 Å². The summed E-state index contributed by atoms with van der Waals surface area (Å²) >= 11 is 0. The van der Waals surface area contributed by atoms with Crippen LogP contribution in [0, 0.1) is 11.6 Å². The molecule has 2 aromatic carbocycles. The molecule has 8 heteroatoms. The smallest absolute Gasteiger partial charge is 0.275 e. The highest BCUT2D eigenvalue weighted by molar-refractivity contribution is 6.47. The van der Waals surface area contributed by atoms with E-state index in [2.05, 4.69) is 10.3 Å². The summed E-state index contributed by atoms with van der Waals surface area (Å²) in [6, 6.07) is 9.68. The van der Waals surface area contributed by atoms with E-state index in [0.717, 1.165) is 12.1 Å². The first-order valence-corrected chi connectivity index (χ1v) is 8.52. The molecule has 146 valence electrons. The highest BCUT2D eigenvalue weighted by Gasteiger charge is 2.41. The van der Waals surface area contributed by atoms with E-state index in [1.807, 2.05) is 0 Å². The molecule has 0 atom stereocenters. The lowest BCUT2D eigenvalue weighted by atomic mass is 10.1. The molecule has 1 N–H and O–H groups in total. The van der Waals surface area contributed by atoms with E-state index in [9.17, 15) is 18.4 Å². The number of amides is 2. The second-order valence-electron chi connectivity index (χ2n) is 6.75. The van der Waals surface area contributed by atoms with Gasteiger partial charge in [0, 0.05) is 11.6 Å². The van der Waals surface area contributed by atoms with Crippen molar-refractivity contribution in [1.82, 2.24) is 4.90 Å². The molecule has 1 heterocycles. The van der Waals surface area contributed by atoms with E-state index in [0.29, 0.717) is 17.4 Å². The van der Waals surface area contributed by atoms with Crippen LogP contribution in [0.3, 0.4) is 0 Å². The average molecular weight is 387 g/mol. The molecule has 0 bridgehead atoms. The third kappa shape index (κ3) is 3.85. The van der Waals surface area contributed by atoms with Crippen molar-refractivity contribution >= 4 is 23.2 Å². The van der Waals surface area contributed by atoms with E-state index in [4.69, 9.17) is 4.74 Å². The Morgan fingerprint density at radius 3 is 2.46 bits per heavy atom. The van der Waals surface area contributed by atoms with Gasteiger partial charge in [-0.05, 0) is 50.2 Å². The molecule has 2 amide bonds. The number of carbonyl (C=O) groups excluding carboxylic acids is 2. The van der Waals surface area contributed by atoms with Crippen molar-refractivity contribution in [2.24, 2.45) is 4.99 Å². The molecule has 0 saturated heterocycles. The number of nitrogens with zero attached hydrogens (tertiary/aromatic N) is 2. The quantitative estimate of drug-likeness (QED) is 0.858. The number of halogens is 2. The van der Waals surface area contributed by atoms with Crippen LogP contribution in [0.15, 0.2) is 47.5 Å². The van der Waals surface area contributed by atoms with Crippen molar-refractivity contribution in [2.45, 2.75) is 19.5 Å². The summed E-state index contributed by atoms with van der Waals surface area (Å²) in [4.78, 5) is 30.9. The fourth-order valence-corrected chi connectivity index (χ4v) is 2.88. The summed E-state index contributed by atoms with van der Waals surface area (Å²) in [5, 5.41) is 2.35. The van der Waals surface area contributed by atoms with Gasteiger partial charge in [-0.1, -0.05) is 0 Å². The van der Waals surface area contributed by atoms with E-state index < -0.39 is 29.1 Å². The molecule has 0 aromatic heterocycles. The summed E-state index contributed by atoms with van der Waals surface area (Å²) in [7, 11) is 1.54. The number of aliphatic imine (C=N–C) groups is 1. The summed E-state index contributed by atoms with van der Waals surface area (Å²) in [5.74, 6) is -2.02. The van der Waals surface area contributed by atoms with Crippen LogP contribution in [0.4, 0.5) is 14.5 Å². The molecule has 1 aliphatic heterocycles.